The number of aromatic nitrogens is 1. The molecule has 0 aliphatic carbocycles. The van der Waals surface area contributed by atoms with Gasteiger partial charge >= 0.3 is 0 Å². The summed E-state index contributed by atoms with van der Waals surface area (Å²) in [6, 6.07) is 11.4. The molecule has 3 nitrogen and oxygen atoms in total. The molecule has 0 bridgehead atoms. The molecule has 0 saturated heterocycles. The number of nitrogens with two attached hydrogens (primary N) is 1. The van der Waals surface area contributed by atoms with E-state index in [2.05, 4.69) is 10.4 Å². The van der Waals surface area contributed by atoms with E-state index < -0.39 is 0 Å². The summed E-state index contributed by atoms with van der Waals surface area (Å²) in [4.78, 5) is 4.12. The fourth-order valence-corrected chi connectivity index (χ4v) is 1.58. The molecule has 1 heterocycles. The lowest BCUT2D eigenvalue weighted by atomic mass is 10.1. The highest BCUT2D eigenvalue weighted by Crippen LogP contribution is 2.27. The summed E-state index contributed by atoms with van der Waals surface area (Å²) >= 11 is 6.06. The van der Waals surface area contributed by atoms with Crippen molar-refractivity contribution in [3.8, 4) is 11.1 Å². The number of hydrogen-bond donors (Lipinski definition) is 2. The van der Waals surface area contributed by atoms with Crippen LogP contribution in [0.4, 0.5) is 5.82 Å². The lowest BCUT2D eigenvalue weighted by Crippen LogP contribution is -2.07. The molecular weight excluding hydrogens is 210 g/mol. The average Bonchev–Trinajstić information content (AvgIpc) is 2.30. The summed E-state index contributed by atoms with van der Waals surface area (Å²) in [7, 11) is 0. The van der Waals surface area contributed by atoms with Crippen molar-refractivity contribution in [3.05, 3.63) is 47.6 Å². The van der Waals surface area contributed by atoms with Crippen molar-refractivity contribution in [2.24, 2.45) is 5.84 Å². The Hall–Kier alpha value is -1.58. The van der Waals surface area contributed by atoms with E-state index in [0.29, 0.717) is 10.8 Å². The number of hydrogen-bond acceptors (Lipinski definition) is 3. The standard InChI is InChI=1S/C11H10ClN3/c12-10-4-2-1-3-9(10)8-5-6-11(15-13)14-7-8/h1-7H,13H2,(H,14,15). The van der Waals surface area contributed by atoms with E-state index in [4.69, 9.17) is 17.4 Å². The van der Waals surface area contributed by atoms with Crippen LogP contribution in [0, 0.1) is 0 Å². The van der Waals surface area contributed by atoms with Crippen molar-refractivity contribution >= 4 is 17.4 Å². The number of nitrogens with one attached hydrogen (secondary N) is 1. The third-order valence-electron chi connectivity index (χ3n) is 2.10. The van der Waals surface area contributed by atoms with Crippen LogP contribution in [0.25, 0.3) is 11.1 Å². The minimum Gasteiger partial charge on any atom is -0.308 e. The highest BCUT2D eigenvalue weighted by atomic mass is 35.5. The highest BCUT2D eigenvalue weighted by Gasteiger charge is 2.02. The minimum atomic E-state index is 0.630. The predicted molar refractivity (Wildman–Crippen MR) is 62.5 cm³/mol. The number of hydrazine groups is 1. The quantitative estimate of drug-likeness (QED) is 0.603. The lowest BCUT2D eigenvalue weighted by molar-refractivity contribution is 1.23. The molecule has 0 amide bonds. The first-order valence-corrected chi connectivity index (χ1v) is 4.86. The van der Waals surface area contributed by atoms with E-state index >= 15 is 0 Å². The van der Waals surface area contributed by atoms with E-state index in [1.54, 1.807) is 12.3 Å². The lowest BCUT2D eigenvalue weighted by Gasteiger charge is -2.04. The SMILES string of the molecule is NNc1ccc(-c2ccccc2Cl)cn1. The first-order chi connectivity index (χ1) is 7.31. The Morgan fingerprint density at radius 1 is 1.13 bits per heavy atom. The molecule has 76 valence electrons. The second kappa shape index (κ2) is 4.29. The molecule has 0 aliphatic rings. The molecule has 15 heavy (non-hydrogen) atoms. The summed E-state index contributed by atoms with van der Waals surface area (Å²) in [6.45, 7) is 0. The Kier molecular flexibility index (Phi) is 2.85. The van der Waals surface area contributed by atoms with Crippen molar-refractivity contribution in [1.82, 2.24) is 4.98 Å². The maximum Gasteiger partial charge on any atom is 0.139 e. The van der Waals surface area contributed by atoms with Crippen molar-refractivity contribution in [1.29, 1.82) is 0 Å². The Labute approximate surface area is 92.9 Å². The van der Waals surface area contributed by atoms with Crippen LogP contribution in [-0.4, -0.2) is 4.98 Å². The van der Waals surface area contributed by atoms with E-state index in [0.717, 1.165) is 11.1 Å². The third kappa shape index (κ3) is 2.09. The molecule has 4 heteroatoms. The Balaban J connectivity index is 2.42. The molecule has 0 aliphatic heterocycles. The second-order valence-corrected chi connectivity index (χ2v) is 3.46. The summed E-state index contributed by atoms with van der Waals surface area (Å²) in [5.74, 6) is 5.86. The first-order valence-electron chi connectivity index (χ1n) is 4.49. The van der Waals surface area contributed by atoms with Crippen molar-refractivity contribution in [2.45, 2.75) is 0 Å². The largest absolute Gasteiger partial charge is 0.308 e. The van der Waals surface area contributed by atoms with Gasteiger partial charge in [-0.3, -0.25) is 0 Å². The normalized spacial score (nSPS) is 10.0. The van der Waals surface area contributed by atoms with Crippen LogP contribution in [0.15, 0.2) is 42.6 Å². The molecule has 2 aromatic rings. The number of nitrogen functional groups attached to an aromatic ring is 1. The van der Waals surface area contributed by atoms with Crippen LogP contribution >= 0.6 is 11.6 Å². The maximum atomic E-state index is 6.06. The van der Waals surface area contributed by atoms with Gasteiger partial charge in [0.15, 0.2) is 0 Å². The summed E-state index contributed by atoms with van der Waals surface area (Å²) in [5, 5.41) is 0.716. The molecule has 0 unspecified atom stereocenters. The topological polar surface area (TPSA) is 50.9 Å². The van der Waals surface area contributed by atoms with E-state index in [-0.39, 0.29) is 0 Å². The molecule has 0 fully saturated rings. The molecule has 0 saturated carbocycles. The van der Waals surface area contributed by atoms with Crippen LogP contribution in [-0.2, 0) is 0 Å². The fraction of sp³-hybridized carbons (Fsp3) is 0. The van der Waals surface area contributed by atoms with Gasteiger partial charge in [0, 0.05) is 22.3 Å². The van der Waals surface area contributed by atoms with Crippen molar-refractivity contribution < 1.29 is 0 Å². The van der Waals surface area contributed by atoms with E-state index in [9.17, 15) is 0 Å². The van der Waals surface area contributed by atoms with Crippen LogP contribution in [0.2, 0.25) is 5.02 Å². The zero-order valence-corrected chi connectivity index (χ0v) is 8.70. The van der Waals surface area contributed by atoms with Crippen molar-refractivity contribution in [2.75, 3.05) is 5.43 Å². The van der Waals surface area contributed by atoms with Gasteiger partial charge in [-0.25, -0.2) is 10.8 Å². The maximum absolute atomic E-state index is 6.06. The third-order valence-corrected chi connectivity index (χ3v) is 2.43. The predicted octanol–water partition coefficient (Wildman–Crippen LogP) is 2.69. The van der Waals surface area contributed by atoms with Crippen molar-refractivity contribution in [3.63, 3.8) is 0 Å². The van der Waals surface area contributed by atoms with Crippen LogP contribution in [0.3, 0.4) is 0 Å². The van der Waals surface area contributed by atoms with Gasteiger partial charge in [0.25, 0.3) is 0 Å². The average molecular weight is 220 g/mol. The first kappa shape index (κ1) is 9.96. The molecule has 0 spiro atoms. The zero-order valence-electron chi connectivity index (χ0n) is 7.94. The number of halogens is 1. The van der Waals surface area contributed by atoms with Gasteiger partial charge < -0.3 is 5.43 Å². The zero-order chi connectivity index (χ0) is 10.7. The molecule has 2 rings (SSSR count). The Morgan fingerprint density at radius 3 is 2.53 bits per heavy atom. The van der Waals surface area contributed by atoms with Gasteiger partial charge in [-0.1, -0.05) is 29.8 Å². The van der Waals surface area contributed by atoms with Gasteiger partial charge in [0.1, 0.15) is 5.82 Å². The molecule has 1 aromatic carbocycles. The molecule has 0 atom stereocenters. The fourth-order valence-electron chi connectivity index (χ4n) is 1.33. The van der Waals surface area contributed by atoms with Gasteiger partial charge in [-0.15, -0.1) is 0 Å². The summed E-state index contributed by atoms with van der Waals surface area (Å²) < 4.78 is 0. The van der Waals surface area contributed by atoms with Gasteiger partial charge in [0.05, 0.1) is 0 Å². The molecule has 1 aromatic heterocycles. The Bertz CT molecular complexity index is 454. The molecular formula is C11H10ClN3. The van der Waals surface area contributed by atoms with E-state index in [1.807, 2.05) is 30.3 Å². The Morgan fingerprint density at radius 2 is 1.93 bits per heavy atom. The summed E-state index contributed by atoms with van der Waals surface area (Å²) in [6.07, 6.45) is 1.73. The number of nitrogens with zero attached hydrogens (tertiary/aromatic N) is 1. The van der Waals surface area contributed by atoms with E-state index in [1.165, 1.54) is 0 Å². The monoisotopic (exact) mass is 219 g/mol. The highest BCUT2D eigenvalue weighted by molar-refractivity contribution is 6.33. The summed E-state index contributed by atoms with van der Waals surface area (Å²) in [5.41, 5.74) is 4.42. The minimum absolute atomic E-state index is 0.630. The smallest absolute Gasteiger partial charge is 0.139 e. The number of rotatable bonds is 2. The van der Waals surface area contributed by atoms with Crippen LogP contribution in [0.5, 0.6) is 0 Å². The number of benzene rings is 1. The molecule has 3 N–H and O–H groups in total. The number of anilines is 1. The van der Waals surface area contributed by atoms with Gasteiger partial charge in [0.2, 0.25) is 0 Å². The van der Waals surface area contributed by atoms with Gasteiger partial charge in [-0.05, 0) is 18.2 Å². The van der Waals surface area contributed by atoms with Gasteiger partial charge in [-0.2, -0.15) is 0 Å². The van der Waals surface area contributed by atoms with Crippen LogP contribution < -0.4 is 11.3 Å². The second-order valence-electron chi connectivity index (χ2n) is 3.06. The van der Waals surface area contributed by atoms with Crippen LogP contribution in [0.1, 0.15) is 0 Å². The number of pyridine rings is 1. The molecule has 0 radical (unpaired) electrons.